The molecule has 1 atom stereocenters. The van der Waals surface area contributed by atoms with Crippen LogP contribution in [0.5, 0.6) is 0 Å². The first-order valence-corrected chi connectivity index (χ1v) is 6.12. The molecule has 1 aromatic heterocycles. The second-order valence-corrected chi connectivity index (χ2v) is 4.99. The van der Waals surface area contributed by atoms with Crippen LogP contribution in [0.2, 0.25) is 5.02 Å². The SMILES string of the molecule is CC(C)C(N)c1ncc(-c2ccc(F)c(Cl)c2)[nH]1. The Labute approximate surface area is 110 Å². The molecule has 0 aliphatic rings. The Bertz CT molecular complexity index is 551. The van der Waals surface area contributed by atoms with Gasteiger partial charge in [-0.2, -0.15) is 0 Å². The minimum atomic E-state index is -0.431. The number of nitrogens with one attached hydrogen (secondary N) is 1. The number of nitrogens with two attached hydrogens (primary N) is 1. The van der Waals surface area contributed by atoms with Crippen LogP contribution in [0, 0.1) is 11.7 Å². The summed E-state index contributed by atoms with van der Waals surface area (Å²) in [4.78, 5) is 7.39. The number of hydrogen-bond donors (Lipinski definition) is 2. The molecule has 0 aliphatic carbocycles. The maximum atomic E-state index is 13.1. The van der Waals surface area contributed by atoms with Gasteiger partial charge in [-0.25, -0.2) is 9.37 Å². The zero-order chi connectivity index (χ0) is 13.3. The highest BCUT2D eigenvalue weighted by atomic mass is 35.5. The van der Waals surface area contributed by atoms with Gasteiger partial charge in [-0.15, -0.1) is 0 Å². The summed E-state index contributed by atoms with van der Waals surface area (Å²) >= 11 is 5.75. The van der Waals surface area contributed by atoms with E-state index in [9.17, 15) is 4.39 Å². The van der Waals surface area contributed by atoms with Crippen LogP contribution in [-0.4, -0.2) is 9.97 Å². The Morgan fingerprint density at radius 3 is 2.72 bits per heavy atom. The van der Waals surface area contributed by atoms with Crippen LogP contribution in [-0.2, 0) is 0 Å². The third-order valence-corrected chi connectivity index (χ3v) is 3.15. The van der Waals surface area contributed by atoms with Crippen LogP contribution in [0.25, 0.3) is 11.3 Å². The van der Waals surface area contributed by atoms with Gasteiger partial charge in [0.25, 0.3) is 0 Å². The second kappa shape index (κ2) is 5.08. The lowest BCUT2D eigenvalue weighted by atomic mass is 10.1. The first kappa shape index (κ1) is 13.1. The fraction of sp³-hybridized carbons (Fsp3) is 0.308. The van der Waals surface area contributed by atoms with Crippen molar-refractivity contribution in [1.29, 1.82) is 0 Å². The van der Waals surface area contributed by atoms with E-state index < -0.39 is 5.82 Å². The zero-order valence-electron chi connectivity index (χ0n) is 10.2. The van der Waals surface area contributed by atoms with Crippen LogP contribution in [0.15, 0.2) is 24.4 Å². The monoisotopic (exact) mass is 267 g/mol. The van der Waals surface area contributed by atoms with Gasteiger partial charge >= 0.3 is 0 Å². The van der Waals surface area contributed by atoms with Gasteiger partial charge in [0, 0.05) is 5.56 Å². The van der Waals surface area contributed by atoms with Gasteiger partial charge in [0.1, 0.15) is 11.6 Å². The summed E-state index contributed by atoms with van der Waals surface area (Å²) in [5, 5.41) is 0.0943. The summed E-state index contributed by atoms with van der Waals surface area (Å²) in [5.74, 6) is 0.584. The van der Waals surface area contributed by atoms with Crippen LogP contribution in [0.4, 0.5) is 4.39 Å². The number of benzene rings is 1. The van der Waals surface area contributed by atoms with E-state index >= 15 is 0 Å². The average Bonchev–Trinajstić information content (AvgIpc) is 2.81. The number of aromatic amines is 1. The summed E-state index contributed by atoms with van der Waals surface area (Å²) in [7, 11) is 0. The molecular weight excluding hydrogens is 253 g/mol. The van der Waals surface area contributed by atoms with E-state index in [4.69, 9.17) is 17.3 Å². The van der Waals surface area contributed by atoms with Gasteiger partial charge in [0.05, 0.1) is 23.0 Å². The number of aromatic nitrogens is 2. The van der Waals surface area contributed by atoms with Crippen LogP contribution < -0.4 is 5.73 Å². The summed E-state index contributed by atoms with van der Waals surface area (Å²) < 4.78 is 13.1. The highest BCUT2D eigenvalue weighted by Gasteiger charge is 2.14. The summed E-state index contributed by atoms with van der Waals surface area (Å²) in [6.45, 7) is 4.06. The Morgan fingerprint density at radius 2 is 2.11 bits per heavy atom. The maximum Gasteiger partial charge on any atom is 0.141 e. The van der Waals surface area contributed by atoms with Gasteiger partial charge in [-0.1, -0.05) is 25.4 Å². The van der Waals surface area contributed by atoms with Crippen molar-refractivity contribution in [2.75, 3.05) is 0 Å². The zero-order valence-corrected chi connectivity index (χ0v) is 11.0. The molecule has 0 spiro atoms. The first-order chi connectivity index (χ1) is 8.49. The molecule has 0 fully saturated rings. The Kier molecular flexibility index (Phi) is 3.68. The molecule has 1 aromatic carbocycles. The quantitative estimate of drug-likeness (QED) is 0.894. The third kappa shape index (κ3) is 2.54. The summed E-state index contributed by atoms with van der Waals surface area (Å²) in [5.41, 5.74) is 7.57. The molecule has 0 bridgehead atoms. The molecular formula is C13H15ClFN3. The van der Waals surface area contributed by atoms with Crippen molar-refractivity contribution in [2.45, 2.75) is 19.9 Å². The number of nitrogens with zero attached hydrogens (tertiary/aromatic N) is 1. The van der Waals surface area contributed by atoms with Gasteiger partial charge in [0.15, 0.2) is 0 Å². The van der Waals surface area contributed by atoms with Gasteiger partial charge in [-0.3, -0.25) is 0 Å². The number of halogens is 2. The number of imidazole rings is 1. The Hall–Kier alpha value is -1.39. The predicted octanol–water partition coefficient (Wildman–Crippen LogP) is 3.53. The van der Waals surface area contributed by atoms with Crippen molar-refractivity contribution < 1.29 is 4.39 Å². The lowest BCUT2D eigenvalue weighted by molar-refractivity contribution is 0.494. The predicted molar refractivity (Wildman–Crippen MR) is 70.8 cm³/mol. The molecule has 0 saturated heterocycles. The second-order valence-electron chi connectivity index (χ2n) is 4.58. The number of H-pyrrole nitrogens is 1. The normalized spacial score (nSPS) is 13.0. The number of rotatable bonds is 3. The molecule has 2 aromatic rings. The molecule has 5 heteroatoms. The van der Waals surface area contributed by atoms with Gasteiger partial charge in [-0.05, 0) is 24.1 Å². The van der Waals surface area contributed by atoms with Crippen molar-refractivity contribution in [3.63, 3.8) is 0 Å². The van der Waals surface area contributed by atoms with E-state index in [1.165, 1.54) is 6.07 Å². The van der Waals surface area contributed by atoms with Gasteiger partial charge in [0.2, 0.25) is 0 Å². The Balaban J connectivity index is 2.32. The topological polar surface area (TPSA) is 54.7 Å². The maximum absolute atomic E-state index is 13.1. The largest absolute Gasteiger partial charge is 0.341 e. The highest BCUT2D eigenvalue weighted by Crippen LogP contribution is 2.25. The first-order valence-electron chi connectivity index (χ1n) is 5.75. The lowest BCUT2D eigenvalue weighted by Crippen LogP contribution is -2.18. The van der Waals surface area contributed by atoms with Crippen LogP contribution in [0.3, 0.4) is 0 Å². The fourth-order valence-electron chi connectivity index (χ4n) is 1.63. The van der Waals surface area contributed by atoms with E-state index in [2.05, 4.69) is 9.97 Å². The third-order valence-electron chi connectivity index (χ3n) is 2.86. The molecule has 2 rings (SSSR count). The Morgan fingerprint density at radius 1 is 1.39 bits per heavy atom. The average molecular weight is 268 g/mol. The van der Waals surface area contributed by atoms with Crippen molar-refractivity contribution in [3.8, 4) is 11.3 Å². The standard InChI is InChI=1S/C13H15ClFN3/c1-7(2)12(16)13-17-6-11(18-13)8-3-4-10(15)9(14)5-8/h3-7,12H,16H2,1-2H3,(H,17,18). The molecule has 18 heavy (non-hydrogen) atoms. The lowest BCUT2D eigenvalue weighted by Gasteiger charge is -2.12. The van der Waals surface area contributed by atoms with Crippen molar-refractivity contribution in [3.05, 3.63) is 41.1 Å². The van der Waals surface area contributed by atoms with E-state index in [0.717, 1.165) is 17.1 Å². The van der Waals surface area contributed by atoms with Crippen molar-refractivity contribution in [1.82, 2.24) is 9.97 Å². The van der Waals surface area contributed by atoms with Gasteiger partial charge < -0.3 is 10.7 Å². The van der Waals surface area contributed by atoms with Crippen molar-refractivity contribution >= 4 is 11.6 Å². The minimum Gasteiger partial charge on any atom is -0.341 e. The molecule has 0 saturated carbocycles. The van der Waals surface area contributed by atoms with Crippen LogP contribution >= 0.6 is 11.6 Å². The molecule has 3 nitrogen and oxygen atoms in total. The van der Waals surface area contributed by atoms with E-state index in [1.807, 2.05) is 13.8 Å². The summed E-state index contributed by atoms with van der Waals surface area (Å²) in [6, 6.07) is 4.41. The highest BCUT2D eigenvalue weighted by molar-refractivity contribution is 6.31. The molecule has 96 valence electrons. The smallest absolute Gasteiger partial charge is 0.141 e. The molecule has 0 radical (unpaired) electrons. The molecule has 1 unspecified atom stereocenters. The molecule has 3 N–H and O–H groups in total. The molecule has 1 heterocycles. The van der Waals surface area contributed by atoms with E-state index in [1.54, 1.807) is 18.3 Å². The summed E-state index contributed by atoms with van der Waals surface area (Å²) in [6.07, 6.45) is 1.68. The molecule has 0 amide bonds. The number of hydrogen-bond acceptors (Lipinski definition) is 2. The van der Waals surface area contributed by atoms with E-state index in [-0.39, 0.29) is 11.1 Å². The fourth-order valence-corrected chi connectivity index (χ4v) is 1.81. The minimum absolute atomic E-state index is 0.0943. The van der Waals surface area contributed by atoms with E-state index in [0.29, 0.717) is 5.92 Å². The van der Waals surface area contributed by atoms with Crippen LogP contribution in [0.1, 0.15) is 25.7 Å². The van der Waals surface area contributed by atoms with Crippen molar-refractivity contribution in [2.24, 2.45) is 11.7 Å². The molecule has 0 aliphatic heterocycles.